The Hall–Kier alpha value is -2.32. The average Bonchev–Trinajstić information content (AvgIpc) is 3.05. The van der Waals surface area contributed by atoms with Crippen LogP contribution in [0.15, 0.2) is 29.1 Å². The average molecular weight is 457 g/mol. The standard InChI is InChI=1S/C23H28N4O2S2/c1-14-6-5-7-18(12-14)26-8-10-27(11-9-26)23(29)17(4)30-13-19-24-21(28)20-15(2)16(3)31-22(20)25-19/h5-7,12,17H,8-11,13H2,1-4H3,(H,24,25,28). The number of H-pyrrole nitrogens is 1. The summed E-state index contributed by atoms with van der Waals surface area (Å²) in [5.74, 6) is 1.30. The van der Waals surface area contributed by atoms with Gasteiger partial charge in [0.1, 0.15) is 10.7 Å². The molecule has 3 heterocycles. The first-order valence-corrected chi connectivity index (χ1v) is 12.4. The lowest BCUT2D eigenvalue weighted by molar-refractivity contribution is -0.130. The fraction of sp³-hybridized carbons (Fsp3) is 0.435. The first-order valence-electron chi connectivity index (χ1n) is 10.5. The number of anilines is 1. The number of benzene rings is 1. The van der Waals surface area contributed by atoms with Gasteiger partial charge in [-0.1, -0.05) is 12.1 Å². The van der Waals surface area contributed by atoms with Gasteiger partial charge in [-0.3, -0.25) is 9.59 Å². The van der Waals surface area contributed by atoms with E-state index in [0.29, 0.717) is 17.0 Å². The molecule has 1 amide bonds. The zero-order valence-corrected chi connectivity index (χ0v) is 20.0. The van der Waals surface area contributed by atoms with E-state index in [-0.39, 0.29) is 16.7 Å². The second kappa shape index (κ2) is 9.04. The number of aromatic nitrogens is 2. The monoisotopic (exact) mass is 456 g/mol. The molecule has 1 atom stereocenters. The van der Waals surface area contributed by atoms with Gasteiger partial charge in [-0.2, -0.15) is 0 Å². The van der Waals surface area contributed by atoms with Crippen LogP contribution in [0.4, 0.5) is 5.69 Å². The zero-order chi connectivity index (χ0) is 22.1. The molecule has 1 fully saturated rings. The first kappa shape index (κ1) is 21.9. The fourth-order valence-corrected chi connectivity index (χ4v) is 5.79. The van der Waals surface area contributed by atoms with E-state index in [1.54, 1.807) is 11.3 Å². The summed E-state index contributed by atoms with van der Waals surface area (Å²) in [6, 6.07) is 8.50. The maximum Gasteiger partial charge on any atom is 0.259 e. The van der Waals surface area contributed by atoms with Crippen molar-refractivity contribution < 1.29 is 4.79 Å². The minimum Gasteiger partial charge on any atom is -0.368 e. The predicted octanol–water partition coefficient (Wildman–Crippen LogP) is 3.88. The van der Waals surface area contributed by atoms with E-state index in [1.807, 2.05) is 25.7 Å². The van der Waals surface area contributed by atoms with Crippen LogP contribution in [0.25, 0.3) is 10.2 Å². The minimum atomic E-state index is -0.182. The number of thioether (sulfide) groups is 1. The quantitative estimate of drug-likeness (QED) is 0.631. The number of aromatic amines is 1. The molecule has 0 spiro atoms. The van der Waals surface area contributed by atoms with Crippen LogP contribution in [0.2, 0.25) is 0 Å². The molecule has 1 aromatic carbocycles. The van der Waals surface area contributed by atoms with Crippen molar-refractivity contribution in [2.45, 2.75) is 38.7 Å². The van der Waals surface area contributed by atoms with E-state index in [9.17, 15) is 9.59 Å². The number of amides is 1. The molecule has 0 radical (unpaired) electrons. The van der Waals surface area contributed by atoms with Gasteiger partial charge in [-0.25, -0.2) is 4.98 Å². The molecule has 8 heteroatoms. The SMILES string of the molecule is Cc1cccc(N2CCN(C(=O)C(C)SCc3nc4sc(C)c(C)c4c(=O)[nH]3)CC2)c1. The van der Waals surface area contributed by atoms with Crippen LogP contribution in [-0.2, 0) is 10.5 Å². The molecule has 1 N–H and O–H groups in total. The number of thiophene rings is 1. The smallest absolute Gasteiger partial charge is 0.259 e. The van der Waals surface area contributed by atoms with Crippen LogP contribution in [0.3, 0.4) is 0 Å². The molecule has 1 aliphatic rings. The Balaban J connectivity index is 1.34. The second-order valence-corrected chi connectivity index (χ2v) is 10.6. The third kappa shape index (κ3) is 4.65. The summed E-state index contributed by atoms with van der Waals surface area (Å²) < 4.78 is 0. The highest BCUT2D eigenvalue weighted by molar-refractivity contribution is 7.99. The number of aryl methyl sites for hydroxylation is 3. The summed E-state index contributed by atoms with van der Waals surface area (Å²) in [6.45, 7) is 11.1. The van der Waals surface area contributed by atoms with Crippen LogP contribution in [0, 0.1) is 20.8 Å². The van der Waals surface area contributed by atoms with Gasteiger partial charge in [0.15, 0.2) is 0 Å². The van der Waals surface area contributed by atoms with Crippen LogP contribution >= 0.6 is 23.1 Å². The fourth-order valence-electron chi connectivity index (χ4n) is 3.91. The summed E-state index contributed by atoms with van der Waals surface area (Å²) in [6.07, 6.45) is 0. The number of piperazine rings is 1. The molecule has 6 nitrogen and oxygen atoms in total. The van der Waals surface area contributed by atoms with Crippen molar-refractivity contribution in [3.8, 4) is 0 Å². The third-order valence-corrected chi connectivity index (χ3v) is 8.11. The second-order valence-electron chi connectivity index (χ2n) is 8.08. The van der Waals surface area contributed by atoms with Crippen molar-refractivity contribution in [3.05, 3.63) is 56.4 Å². The summed E-state index contributed by atoms with van der Waals surface area (Å²) in [5.41, 5.74) is 3.38. The summed E-state index contributed by atoms with van der Waals surface area (Å²) >= 11 is 3.08. The lowest BCUT2D eigenvalue weighted by Crippen LogP contribution is -2.50. The van der Waals surface area contributed by atoms with E-state index in [4.69, 9.17) is 0 Å². The van der Waals surface area contributed by atoms with Crippen LogP contribution in [-0.4, -0.2) is 52.2 Å². The van der Waals surface area contributed by atoms with E-state index in [0.717, 1.165) is 41.5 Å². The van der Waals surface area contributed by atoms with Crippen molar-refractivity contribution in [1.82, 2.24) is 14.9 Å². The molecule has 0 saturated carbocycles. The van der Waals surface area contributed by atoms with Crippen molar-refractivity contribution in [2.24, 2.45) is 0 Å². The molecule has 164 valence electrons. The lowest BCUT2D eigenvalue weighted by atomic mass is 10.2. The Morgan fingerprint density at radius 3 is 2.68 bits per heavy atom. The Kier molecular flexibility index (Phi) is 6.39. The third-order valence-electron chi connectivity index (χ3n) is 5.86. The molecule has 0 bridgehead atoms. The van der Waals surface area contributed by atoms with Gasteiger partial charge < -0.3 is 14.8 Å². The zero-order valence-electron chi connectivity index (χ0n) is 18.4. The Labute approximate surface area is 190 Å². The number of fused-ring (bicyclic) bond motifs is 1. The number of carbonyl (C=O) groups is 1. The summed E-state index contributed by atoms with van der Waals surface area (Å²) in [4.78, 5) is 39.1. The Morgan fingerprint density at radius 1 is 1.23 bits per heavy atom. The summed E-state index contributed by atoms with van der Waals surface area (Å²) in [5, 5.41) is 0.505. The Bertz CT molecular complexity index is 1160. The highest BCUT2D eigenvalue weighted by Gasteiger charge is 2.25. The van der Waals surface area contributed by atoms with Crippen molar-refractivity contribution in [1.29, 1.82) is 0 Å². The van der Waals surface area contributed by atoms with E-state index in [1.165, 1.54) is 23.0 Å². The van der Waals surface area contributed by atoms with E-state index < -0.39 is 0 Å². The van der Waals surface area contributed by atoms with Crippen LogP contribution in [0.5, 0.6) is 0 Å². The largest absolute Gasteiger partial charge is 0.368 e. The molecular weight excluding hydrogens is 428 g/mol. The van der Waals surface area contributed by atoms with Crippen LogP contribution in [0.1, 0.15) is 28.8 Å². The van der Waals surface area contributed by atoms with Gasteiger partial charge in [-0.15, -0.1) is 23.1 Å². The van der Waals surface area contributed by atoms with E-state index >= 15 is 0 Å². The number of nitrogens with zero attached hydrogens (tertiary/aromatic N) is 3. The molecule has 1 unspecified atom stereocenters. The first-order chi connectivity index (χ1) is 14.8. The molecule has 4 rings (SSSR count). The molecule has 0 aliphatic carbocycles. The molecule has 3 aromatic rings. The number of carbonyl (C=O) groups excluding carboxylic acids is 1. The molecule has 1 aliphatic heterocycles. The van der Waals surface area contributed by atoms with Crippen molar-refractivity contribution in [2.75, 3.05) is 31.1 Å². The minimum absolute atomic E-state index is 0.0892. The summed E-state index contributed by atoms with van der Waals surface area (Å²) in [7, 11) is 0. The topological polar surface area (TPSA) is 69.3 Å². The molecular formula is C23H28N4O2S2. The van der Waals surface area contributed by atoms with Gasteiger partial charge in [0.25, 0.3) is 5.56 Å². The maximum absolute atomic E-state index is 12.9. The maximum atomic E-state index is 12.9. The number of nitrogens with one attached hydrogen (secondary N) is 1. The van der Waals surface area contributed by atoms with Crippen molar-refractivity contribution in [3.63, 3.8) is 0 Å². The molecule has 1 saturated heterocycles. The van der Waals surface area contributed by atoms with Crippen LogP contribution < -0.4 is 10.5 Å². The number of hydrogen-bond donors (Lipinski definition) is 1. The lowest BCUT2D eigenvalue weighted by Gasteiger charge is -2.37. The van der Waals surface area contributed by atoms with E-state index in [2.05, 4.69) is 46.1 Å². The molecule has 2 aromatic heterocycles. The number of rotatable bonds is 5. The van der Waals surface area contributed by atoms with Gasteiger partial charge in [0.2, 0.25) is 5.91 Å². The number of hydrogen-bond acceptors (Lipinski definition) is 6. The van der Waals surface area contributed by atoms with Crippen molar-refractivity contribution >= 4 is 44.9 Å². The van der Waals surface area contributed by atoms with Gasteiger partial charge in [0, 0.05) is 36.7 Å². The highest BCUT2D eigenvalue weighted by atomic mass is 32.2. The van der Waals surface area contributed by atoms with Gasteiger partial charge >= 0.3 is 0 Å². The highest BCUT2D eigenvalue weighted by Crippen LogP contribution is 2.27. The predicted molar refractivity (Wildman–Crippen MR) is 130 cm³/mol. The van der Waals surface area contributed by atoms with Gasteiger partial charge in [-0.05, 0) is 51.0 Å². The Morgan fingerprint density at radius 2 is 1.97 bits per heavy atom. The molecule has 31 heavy (non-hydrogen) atoms. The van der Waals surface area contributed by atoms with Gasteiger partial charge in [0.05, 0.1) is 16.4 Å². The normalized spacial score (nSPS) is 15.5.